The molecular weight excluding hydrogens is 184 g/mol. The first-order valence-corrected chi connectivity index (χ1v) is 6.03. The molecule has 0 aliphatic heterocycles. The Morgan fingerprint density at radius 1 is 1.54 bits per heavy atom. The second kappa shape index (κ2) is 8.38. The van der Waals surface area contributed by atoms with Crippen molar-refractivity contribution in [3.8, 4) is 0 Å². The van der Waals surface area contributed by atoms with Gasteiger partial charge in [0.25, 0.3) is 0 Å². The first kappa shape index (κ1) is 12.8. The number of rotatable bonds is 7. The van der Waals surface area contributed by atoms with Crippen molar-refractivity contribution < 1.29 is 4.79 Å². The van der Waals surface area contributed by atoms with E-state index in [1.54, 1.807) is 7.05 Å². The van der Waals surface area contributed by atoms with E-state index in [0.717, 1.165) is 6.54 Å². The third-order valence-corrected chi connectivity index (χ3v) is 2.49. The molecule has 0 radical (unpaired) electrons. The maximum absolute atomic E-state index is 11.0. The molecule has 13 heavy (non-hydrogen) atoms. The third kappa shape index (κ3) is 8.12. The molecule has 0 aromatic carbocycles. The largest absolute Gasteiger partial charge is 0.359 e. The summed E-state index contributed by atoms with van der Waals surface area (Å²) in [4.78, 5) is 11.0. The minimum atomic E-state index is 0.102. The molecule has 0 bridgehead atoms. The fraction of sp³-hybridized carbons (Fsp3) is 0.889. The molecule has 78 valence electrons. The summed E-state index contributed by atoms with van der Waals surface area (Å²) in [5, 5.41) is 5.92. The van der Waals surface area contributed by atoms with Gasteiger partial charge in [-0.3, -0.25) is 4.79 Å². The number of carbonyl (C=O) groups is 1. The summed E-state index contributed by atoms with van der Waals surface area (Å²) < 4.78 is 0. The van der Waals surface area contributed by atoms with Gasteiger partial charge in [-0.25, -0.2) is 0 Å². The average molecular weight is 204 g/mol. The summed E-state index contributed by atoms with van der Waals surface area (Å²) in [5.74, 6) is 1.28. The van der Waals surface area contributed by atoms with Crippen molar-refractivity contribution in [2.45, 2.75) is 25.8 Å². The molecule has 0 fully saturated rings. The van der Waals surface area contributed by atoms with E-state index < -0.39 is 0 Å². The van der Waals surface area contributed by atoms with E-state index >= 15 is 0 Å². The molecule has 1 unspecified atom stereocenters. The van der Waals surface area contributed by atoms with Gasteiger partial charge < -0.3 is 10.6 Å². The van der Waals surface area contributed by atoms with Crippen molar-refractivity contribution in [3.05, 3.63) is 0 Å². The molecule has 0 heterocycles. The van der Waals surface area contributed by atoms with Crippen molar-refractivity contribution in [1.82, 2.24) is 10.6 Å². The van der Waals surface area contributed by atoms with Gasteiger partial charge in [0.05, 0.1) is 0 Å². The molecule has 0 saturated heterocycles. The summed E-state index contributed by atoms with van der Waals surface area (Å²) in [6, 6.07) is 0.279. The van der Waals surface area contributed by atoms with Crippen LogP contribution < -0.4 is 10.6 Å². The highest BCUT2D eigenvalue weighted by atomic mass is 32.2. The maximum Gasteiger partial charge on any atom is 0.221 e. The first-order valence-electron chi connectivity index (χ1n) is 4.63. The fourth-order valence-electron chi connectivity index (χ4n) is 1.02. The van der Waals surface area contributed by atoms with E-state index in [9.17, 15) is 4.79 Å². The molecule has 0 rings (SSSR count). The van der Waals surface area contributed by atoms with Crippen LogP contribution in [0.5, 0.6) is 0 Å². The highest BCUT2D eigenvalue weighted by molar-refractivity contribution is 7.98. The van der Waals surface area contributed by atoms with Gasteiger partial charge in [-0.15, -0.1) is 0 Å². The number of carbonyl (C=O) groups excluding carboxylic acids is 1. The molecule has 0 saturated carbocycles. The monoisotopic (exact) mass is 204 g/mol. The lowest BCUT2D eigenvalue weighted by Gasteiger charge is -2.12. The van der Waals surface area contributed by atoms with Crippen molar-refractivity contribution in [3.63, 3.8) is 0 Å². The minimum absolute atomic E-state index is 0.102. The number of thioether (sulfide) groups is 1. The summed E-state index contributed by atoms with van der Waals surface area (Å²) in [6.45, 7) is 3.04. The van der Waals surface area contributed by atoms with Gasteiger partial charge in [0.2, 0.25) is 5.91 Å². The van der Waals surface area contributed by atoms with E-state index in [1.165, 1.54) is 12.2 Å². The van der Waals surface area contributed by atoms with Crippen LogP contribution in [0, 0.1) is 0 Å². The Balaban J connectivity index is 3.29. The van der Waals surface area contributed by atoms with E-state index in [4.69, 9.17) is 0 Å². The molecule has 2 N–H and O–H groups in total. The van der Waals surface area contributed by atoms with Gasteiger partial charge in [-0.1, -0.05) is 0 Å². The molecule has 3 nitrogen and oxygen atoms in total. The van der Waals surface area contributed by atoms with Crippen LogP contribution in [0.4, 0.5) is 0 Å². The number of hydrogen-bond acceptors (Lipinski definition) is 3. The number of nitrogens with one attached hydrogen (secondary N) is 2. The Kier molecular flexibility index (Phi) is 8.24. The van der Waals surface area contributed by atoms with Crippen molar-refractivity contribution in [1.29, 1.82) is 0 Å². The summed E-state index contributed by atoms with van der Waals surface area (Å²) >= 11 is 1.85. The molecule has 0 aliphatic carbocycles. The van der Waals surface area contributed by atoms with Gasteiger partial charge in [-0.05, 0) is 31.9 Å². The summed E-state index contributed by atoms with van der Waals surface area (Å²) in [6.07, 6.45) is 3.84. The molecule has 0 aliphatic rings. The van der Waals surface area contributed by atoms with Gasteiger partial charge in [0, 0.05) is 19.5 Å². The van der Waals surface area contributed by atoms with Crippen molar-refractivity contribution in [2.75, 3.05) is 25.6 Å². The van der Waals surface area contributed by atoms with Gasteiger partial charge >= 0.3 is 0 Å². The fourth-order valence-corrected chi connectivity index (χ4v) is 1.45. The van der Waals surface area contributed by atoms with Crippen LogP contribution in [0.15, 0.2) is 0 Å². The van der Waals surface area contributed by atoms with Crippen LogP contribution in [-0.2, 0) is 4.79 Å². The van der Waals surface area contributed by atoms with E-state index in [-0.39, 0.29) is 11.9 Å². The van der Waals surface area contributed by atoms with Gasteiger partial charge in [0.15, 0.2) is 0 Å². The molecule has 0 aromatic heterocycles. The van der Waals surface area contributed by atoms with Crippen LogP contribution in [0.25, 0.3) is 0 Å². The van der Waals surface area contributed by atoms with E-state index in [2.05, 4.69) is 16.9 Å². The van der Waals surface area contributed by atoms with Crippen LogP contribution in [-0.4, -0.2) is 37.6 Å². The van der Waals surface area contributed by atoms with Crippen LogP contribution >= 0.6 is 11.8 Å². The predicted octanol–water partition coefficient (Wildman–Crippen LogP) is 0.854. The van der Waals surface area contributed by atoms with E-state index in [0.29, 0.717) is 6.42 Å². The second-order valence-corrected chi connectivity index (χ2v) is 4.06. The number of amides is 1. The standard InChI is InChI=1S/C9H20N2OS/c1-8(7-9(12)10-2)11-5-4-6-13-3/h8,11H,4-7H2,1-3H3,(H,10,12). The van der Waals surface area contributed by atoms with Gasteiger partial charge in [-0.2, -0.15) is 11.8 Å². The Morgan fingerprint density at radius 3 is 2.77 bits per heavy atom. The molecule has 0 spiro atoms. The zero-order valence-electron chi connectivity index (χ0n) is 8.72. The molecular formula is C9H20N2OS. The summed E-state index contributed by atoms with van der Waals surface area (Å²) in [7, 11) is 1.67. The Labute approximate surface area is 85.0 Å². The normalized spacial score (nSPS) is 12.5. The average Bonchev–Trinajstić information content (AvgIpc) is 2.12. The number of hydrogen-bond donors (Lipinski definition) is 2. The predicted molar refractivity (Wildman–Crippen MR) is 59.1 cm³/mol. The lowest BCUT2D eigenvalue weighted by Crippen LogP contribution is -2.33. The van der Waals surface area contributed by atoms with E-state index in [1.807, 2.05) is 18.7 Å². The SMILES string of the molecule is CNC(=O)CC(C)NCCCSC. The second-order valence-electron chi connectivity index (χ2n) is 3.08. The van der Waals surface area contributed by atoms with Crippen LogP contribution in [0.1, 0.15) is 19.8 Å². The lowest BCUT2D eigenvalue weighted by atomic mass is 10.2. The molecule has 0 aromatic rings. The van der Waals surface area contributed by atoms with Crippen molar-refractivity contribution >= 4 is 17.7 Å². The smallest absolute Gasteiger partial charge is 0.221 e. The highest BCUT2D eigenvalue weighted by Gasteiger charge is 2.05. The van der Waals surface area contributed by atoms with Crippen LogP contribution in [0.2, 0.25) is 0 Å². The Morgan fingerprint density at radius 2 is 2.23 bits per heavy atom. The molecule has 4 heteroatoms. The van der Waals surface area contributed by atoms with Crippen molar-refractivity contribution in [2.24, 2.45) is 0 Å². The highest BCUT2D eigenvalue weighted by Crippen LogP contribution is 1.95. The zero-order chi connectivity index (χ0) is 10.1. The minimum Gasteiger partial charge on any atom is -0.359 e. The lowest BCUT2D eigenvalue weighted by molar-refractivity contribution is -0.121. The quantitative estimate of drug-likeness (QED) is 0.604. The van der Waals surface area contributed by atoms with Gasteiger partial charge in [0.1, 0.15) is 0 Å². The first-order chi connectivity index (χ1) is 6.20. The Bertz CT molecular complexity index is 142. The molecule has 1 atom stereocenters. The molecule has 1 amide bonds. The maximum atomic E-state index is 11.0. The zero-order valence-corrected chi connectivity index (χ0v) is 9.54. The Hall–Kier alpha value is -0.220. The summed E-state index contributed by atoms with van der Waals surface area (Å²) in [5.41, 5.74) is 0. The van der Waals surface area contributed by atoms with Crippen LogP contribution in [0.3, 0.4) is 0 Å². The topological polar surface area (TPSA) is 41.1 Å². The third-order valence-electron chi connectivity index (χ3n) is 1.79.